The zero-order valence-corrected chi connectivity index (χ0v) is 8.05. The van der Waals surface area contributed by atoms with Crippen molar-refractivity contribution in [3.63, 3.8) is 0 Å². The number of nitrogens with one attached hydrogen (secondary N) is 2. The highest BCUT2D eigenvalue weighted by Crippen LogP contribution is 1.74. The van der Waals surface area contributed by atoms with E-state index in [1.165, 1.54) is 0 Å². The van der Waals surface area contributed by atoms with Crippen molar-refractivity contribution in [1.82, 2.24) is 10.6 Å². The third-order valence-corrected chi connectivity index (χ3v) is 1.40. The quantitative estimate of drug-likeness (QED) is 0.540. The van der Waals surface area contributed by atoms with Gasteiger partial charge in [0.25, 0.3) is 0 Å². The third kappa shape index (κ3) is 7.27. The number of hydrogen-bond acceptors (Lipinski definition) is 3. The van der Waals surface area contributed by atoms with Crippen molar-refractivity contribution in [3.05, 3.63) is 0 Å². The first-order chi connectivity index (χ1) is 6.20. The second kappa shape index (κ2) is 7.54. The lowest BCUT2D eigenvalue weighted by atomic mass is 10.4. The first kappa shape index (κ1) is 11.9. The Morgan fingerprint density at radius 1 is 1.23 bits per heavy atom. The van der Waals surface area contributed by atoms with Gasteiger partial charge in [0.2, 0.25) is 11.8 Å². The first-order valence-corrected chi connectivity index (χ1v) is 4.23. The van der Waals surface area contributed by atoms with E-state index in [2.05, 4.69) is 10.6 Å². The molecule has 76 valence electrons. The van der Waals surface area contributed by atoms with E-state index in [1.54, 1.807) is 14.0 Å². The molecule has 0 heterocycles. The molecule has 0 bridgehead atoms. The van der Waals surface area contributed by atoms with E-state index < -0.39 is 0 Å². The number of methoxy groups -OCH3 is 1. The molecule has 2 N–H and O–H groups in total. The minimum atomic E-state index is -0.196. The minimum Gasteiger partial charge on any atom is -0.383 e. The molecule has 5 nitrogen and oxygen atoms in total. The summed E-state index contributed by atoms with van der Waals surface area (Å²) in [4.78, 5) is 21.7. The van der Waals surface area contributed by atoms with Crippen LogP contribution < -0.4 is 10.6 Å². The van der Waals surface area contributed by atoms with Gasteiger partial charge in [0.15, 0.2) is 0 Å². The highest BCUT2D eigenvalue weighted by Gasteiger charge is 2.01. The van der Waals surface area contributed by atoms with Crippen LogP contribution in [-0.2, 0) is 14.3 Å². The lowest BCUT2D eigenvalue weighted by Gasteiger charge is -2.04. The summed E-state index contributed by atoms with van der Waals surface area (Å²) in [6, 6.07) is 0. The van der Waals surface area contributed by atoms with Crippen molar-refractivity contribution in [3.8, 4) is 0 Å². The van der Waals surface area contributed by atoms with Crippen molar-refractivity contribution < 1.29 is 14.3 Å². The lowest BCUT2D eigenvalue weighted by Crippen LogP contribution is -2.37. The summed E-state index contributed by atoms with van der Waals surface area (Å²) < 4.78 is 4.74. The van der Waals surface area contributed by atoms with Crippen LogP contribution in [-0.4, -0.2) is 38.6 Å². The Labute approximate surface area is 77.8 Å². The Hall–Kier alpha value is -1.10. The van der Waals surface area contributed by atoms with Gasteiger partial charge in [-0.1, -0.05) is 6.92 Å². The van der Waals surface area contributed by atoms with E-state index in [0.29, 0.717) is 19.6 Å². The van der Waals surface area contributed by atoms with Gasteiger partial charge in [0, 0.05) is 20.1 Å². The SMILES string of the molecule is CCC(=O)NCC(=O)NCCOC. The predicted octanol–water partition coefficient (Wildman–Crippen LogP) is -0.725. The standard InChI is InChI=1S/C8H16N2O3/c1-3-7(11)10-6-8(12)9-4-5-13-2/h3-6H2,1-2H3,(H,9,12)(H,10,11). The van der Waals surface area contributed by atoms with Crippen LogP contribution in [0.1, 0.15) is 13.3 Å². The second-order valence-corrected chi connectivity index (χ2v) is 2.47. The fraction of sp³-hybridized carbons (Fsp3) is 0.750. The van der Waals surface area contributed by atoms with E-state index in [4.69, 9.17) is 4.74 Å². The summed E-state index contributed by atoms with van der Waals surface area (Å²) in [5.74, 6) is -0.319. The predicted molar refractivity (Wildman–Crippen MR) is 48.2 cm³/mol. The number of hydrogen-bond donors (Lipinski definition) is 2. The lowest BCUT2D eigenvalue weighted by molar-refractivity contribution is -0.126. The van der Waals surface area contributed by atoms with Crippen LogP contribution in [0.3, 0.4) is 0 Å². The molecule has 0 rings (SSSR count). The molecule has 0 unspecified atom stereocenters. The highest BCUT2D eigenvalue weighted by atomic mass is 16.5. The largest absolute Gasteiger partial charge is 0.383 e. The molecule has 0 spiro atoms. The highest BCUT2D eigenvalue weighted by molar-refractivity contribution is 5.84. The fourth-order valence-corrected chi connectivity index (χ4v) is 0.659. The zero-order chi connectivity index (χ0) is 10.1. The van der Waals surface area contributed by atoms with Gasteiger partial charge < -0.3 is 15.4 Å². The topological polar surface area (TPSA) is 67.4 Å². The molecule has 2 amide bonds. The van der Waals surface area contributed by atoms with Crippen molar-refractivity contribution in [2.45, 2.75) is 13.3 Å². The van der Waals surface area contributed by atoms with Crippen molar-refractivity contribution in [1.29, 1.82) is 0 Å². The van der Waals surface area contributed by atoms with E-state index in [9.17, 15) is 9.59 Å². The van der Waals surface area contributed by atoms with Crippen LogP contribution in [0.25, 0.3) is 0 Å². The smallest absolute Gasteiger partial charge is 0.239 e. The summed E-state index contributed by atoms with van der Waals surface area (Å²) in [6.45, 7) is 2.72. The molecule has 0 aromatic carbocycles. The van der Waals surface area contributed by atoms with Gasteiger partial charge in [0.05, 0.1) is 13.2 Å². The Morgan fingerprint density at radius 3 is 2.46 bits per heavy atom. The average Bonchev–Trinajstić information content (AvgIpc) is 2.14. The fourth-order valence-electron chi connectivity index (χ4n) is 0.659. The van der Waals surface area contributed by atoms with E-state index in [1.807, 2.05) is 0 Å². The van der Waals surface area contributed by atoms with Crippen LogP contribution in [0.15, 0.2) is 0 Å². The van der Waals surface area contributed by atoms with Crippen LogP contribution in [0.4, 0.5) is 0 Å². The number of amides is 2. The summed E-state index contributed by atoms with van der Waals surface area (Å²) in [7, 11) is 1.56. The van der Waals surface area contributed by atoms with Gasteiger partial charge in [-0.2, -0.15) is 0 Å². The second-order valence-electron chi connectivity index (χ2n) is 2.47. The Balaban J connectivity index is 3.35. The van der Waals surface area contributed by atoms with Crippen molar-refractivity contribution in [2.24, 2.45) is 0 Å². The maximum absolute atomic E-state index is 11.0. The van der Waals surface area contributed by atoms with Crippen LogP contribution in [0.2, 0.25) is 0 Å². The van der Waals surface area contributed by atoms with Gasteiger partial charge in [-0.15, -0.1) is 0 Å². The first-order valence-electron chi connectivity index (χ1n) is 4.23. The summed E-state index contributed by atoms with van der Waals surface area (Å²) in [5, 5.41) is 5.05. The van der Waals surface area contributed by atoms with Gasteiger partial charge in [-0.05, 0) is 0 Å². The number of carbonyl (C=O) groups excluding carboxylic acids is 2. The van der Waals surface area contributed by atoms with Crippen LogP contribution in [0, 0.1) is 0 Å². The maximum Gasteiger partial charge on any atom is 0.239 e. The number of carbonyl (C=O) groups is 2. The monoisotopic (exact) mass is 188 g/mol. The third-order valence-electron chi connectivity index (χ3n) is 1.40. The zero-order valence-electron chi connectivity index (χ0n) is 8.05. The molecule has 0 saturated carbocycles. The molecule has 13 heavy (non-hydrogen) atoms. The van der Waals surface area contributed by atoms with Gasteiger partial charge in [-0.25, -0.2) is 0 Å². The number of rotatable bonds is 6. The molecule has 0 radical (unpaired) electrons. The van der Waals surface area contributed by atoms with Crippen molar-refractivity contribution >= 4 is 11.8 Å². The molecule has 5 heteroatoms. The summed E-state index contributed by atoms with van der Waals surface area (Å²) in [6.07, 6.45) is 0.394. The maximum atomic E-state index is 11.0. The molecule has 0 aliphatic carbocycles. The van der Waals surface area contributed by atoms with Gasteiger partial charge in [0.1, 0.15) is 0 Å². The van der Waals surface area contributed by atoms with Gasteiger partial charge >= 0.3 is 0 Å². The normalized spacial score (nSPS) is 9.38. The molecule has 0 aliphatic heterocycles. The molecular weight excluding hydrogens is 172 g/mol. The van der Waals surface area contributed by atoms with E-state index in [0.717, 1.165) is 0 Å². The molecule has 0 aliphatic rings. The molecule has 0 aromatic rings. The summed E-state index contributed by atoms with van der Waals surface area (Å²) >= 11 is 0. The van der Waals surface area contributed by atoms with Crippen LogP contribution >= 0.6 is 0 Å². The molecule has 0 fully saturated rings. The average molecular weight is 188 g/mol. The molecule has 0 saturated heterocycles. The Kier molecular flexibility index (Phi) is 6.91. The van der Waals surface area contributed by atoms with Gasteiger partial charge in [-0.3, -0.25) is 9.59 Å². The van der Waals surface area contributed by atoms with Crippen molar-refractivity contribution in [2.75, 3.05) is 26.8 Å². The van der Waals surface area contributed by atoms with E-state index >= 15 is 0 Å². The summed E-state index contributed by atoms with van der Waals surface area (Å²) in [5.41, 5.74) is 0. The minimum absolute atomic E-state index is 0.0381. The van der Waals surface area contributed by atoms with E-state index in [-0.39, 0.29) is 18.4 Å². The number of ether oxygens (including phenoxy) is 1. The Morgan fingerprint density at radius 2 is 1.92 bits per heavy atom. The molecular formula is C8H16N2O3. The van der Waals surface area contributed by atoms with Crippen LogP contribution in [0.5, 0.6) is 0 Å². The molecule has 0 atom stereocenters. The Bertz CT molecular complexity index is 171. The molecule has 0 aromatic heterocycles.